The molecule has 0 spiro atoms. The monoisotopic (exact) mass is 230 g/mol. The lowest BCUT2D eigenvalue weighted by Gasteiger charge is -2.13. The number of aliphatic carboxylic acids is 1. The summed E-state index contributed by atoms with van der Waals surface area (Å²) < 4.78 is 0. The van der Waals surface area contributed by atoms with E-state index in [1.165, 1.54) is 0 Å². The Morgan fingerprint density at radius 1 is 1.44 bits per heavy atom. The number of hydrogen-bond donors (Lipinski definition) is 3. The van der Waals surface area contributed by atoms with Crippen molar-refractivity contribution in [3.63, 3.8) is 0 Å². The molecule has 5 heteroatoms. The number of amides is 1. The van der Waals surface area contributed by atoms with Gasteiger partial charge in [-0.05, 0) is 19.3 Å². The molecule has 0 aromatic carbocycles. The van der Waals surface area contributed by atoms with Crippen LogP contribution in [-0.2, 0) is 9.59 Å². The van der Waals surface area contributed by atoms with Crippen LogP contribution in [-0.4, -0.2) is 29.6 Å². The molecule has 0 saturated heterocycles. The fraction of sp³-hybridized carbons (Fsp3) is 0.818. The van der Waals surface area contributed by atoms with Crippen molar-refractivity contribution < 1.29 is 14.7 Å². The van der Waals surface area contributed by atoms with Gasteiger partial charge in [0.1, 0.15) is 0 Å². The molecule has 0 aromatic rings. The van der Waals surface area contributed by atoms with E-state index in [9.17, 15) is 9.59 Å². The van der Waals surface area contributed by atoms with Crippen LogP contribution in [0.15, 0.2) is 0 Å². The van der Waals surface area contributed by atoms with Gasteiger partial charge in [0.15, 0.2) is 0 Å². The van der Waals surface area contributed by atoms with Crippen LogP contribution in [0.2, 0.25) is 0 Å². The number of rotatable bonds is 8. The van der Waals surface area contributed by atoms with Gasteiger partial charge in [0.25, 0.3) is 0 Å². The highest BCUT2D eigenvalue weighted by Crippen LogP contribution is 2.06. The van der Waals surface area contributed by atoms with Crippen molar-refractivity contribution in [2.45, 2.75) is 45.6 Å². The third kappa shape index (κ3) is 8.23. The Kier molecular flexibility index (Phi) is 7.54. The van der Waals surface area contributed by atoms with Crippen LogP contribution >= 0.6 is 0 Å². The smallest absolute Gasteiger partial charge is 0.303 e. The average Bonchev–Trinajstić information content (AvgIpc) is 2.20. The molecule has 0 aliphatic rings. The molecule has 0 heterocycles. The third-order valence-corrected chi connectivity index (χ3v) is 2.46. The second kappa shape index (κ2) is 8.10. The minimum atomic E-state index is -0.823. The van der Waals surface area contributed by atoms with Gasteiger partial charge in [0, 0.05) is 25.4 Å². The third-order valence-electron chi connectivity index (χ3n) is 2.46. The highest BCUT2D eigenvalue weighted by molar-refractivity contribution is 5.76. The minimum Gasteiger partial charge on any atom is -0.481 e. The molecular weight excluding hydrogens is 208 g/mol. The fourth-order valence-corrected chi connectivity index (χ4v) is 1.31. The summed E-state index contributed by atoms with van der Waals surface area (Å²) in [5.41, 5.74) is 5.53. The van der Waals surface area contributed by atoms with E-state index < -0.39 is 5.97 Å². The number of carbonyl (C=O) groups excluding carboxylic acids is 1. The van der Waals surface area contributed by atoms with E-state index in [0.29, 0.717) is 19.4 Å². The molecule has 0 aliphatic heterocycles. The Morgan fingerprint density at radius 2 is 2.06 bits per heavy atom. The van der Waals surface area contributed by atoms with Gasteiger partial charge >= 0.3 is 5.97 Å². The molecule has 0 fully saturated rings. The summed E-state index contributed by atoms with van der Waals surface area (Å²) in [4.78, 5) is 21.8. The predicted molar refractivity (Wildman–Crippen MR) is 61.9 cm³/mol. The van der Waals surface area contributed by atoms with Crippen LogP contribution < -0.4 is 11.1 Å². The summed E-state index contributed by atoms with van der Waals surface area (Å²) in [5.74, 6) is -0.866. The molecule has 0 radical (unpaired) electrons. The first-order valence-electron chi connectivity index (χ1n) is 5.69. The average molecular weight is 230 g/mol. The van der Waals surface area contributed by atoms with Gasteiger partial charge in [-0.15, -0.1) is 0 Å². The molecule has 4 N–H and O–H groups in total. The molecule has 0 aliphatic carbocycles. The van der Waals surface area contributed by atoms with E-state index in [0.717, 1.165) is 6.42 Å². The van der Waals surface area contributed by atoms with E-state index >= 15 is 0 Å². The first-order valence-corrected chi connectivity index (χ1v) is 5.69. The second-order valence-corrected chi connectivity index (χ2v) is 4.19. The zero-order valence-electron chi connectivity index (χ0n) is 10.0. The molecule has 16 heavy (non-hydrogen) atoms. The fourth-order valence-electron chi connectivity index (χ4n) is 1.31. The molecule has 5 nitrogen and oxygen atoms in total. The molecule has 0 rings (SSSR count). The normalized spacial score (nSPS) is 14.2. The highest BCUT2D eigenvalue weighted by Gasteiger charge is 2.12. The number of nitrogens with two attached hydrogens (primary N) is 1. The molecule has 0 bridgehead atoms. The van der Waals surface area contributed by atoms with Crippen molar-refractivity contribution >= 4 is 11.9 Å². The van der Waals surface area contributed by atoms with Gasteiger partial charge < -0.3 is 16.2 Å². The van der Waals surface area contributed by atoms with Crippen molar-refractivity contribution in [1.29, 1.82) is 0 Å². The summed E-state index contributed by atoms with van der Waals surface area (Å²) >= 11 is 0. The first-order chi connectivity index (χ1) is 7.45. The summed E-state index contributed by atoms with van der Waals surface area (Å²) in [6.07, 6.45) is 1.91. The van der Waals surface area contributed by atoms with Crippen molar-refractivity contribution in [3.05, 3.63) is 0 Å². The quantitative estimate of drug-likeness (QED) is 0.573. The summed E-state index contributed by atoms with van der Waals surface area (Å²) in [5, 5.41) is 11.4. The maximum atomic E-state index is 11.3. The standard InChI is InChI=1S/C11H22N2O3/c1-3-9(6-11(15)16)7-13-10(14)5-4-8(2)12/h8-9H,3-7,12H2,1-2H3,(H,13,14)(H,15,16). The number of nitrogens with one attached hydrogen (secondary N) is 1. The van der Waals surface area contributed by atoms with Gasteiger partial charge in [-0.3, -0.25) is 9.59 Å². The summed E-state index contributed by atoms with van der Waals surface area (Å²) in [6, 6.07) is 0.0201. The molecule has 94 valence electrons. The lowest BCUT2D eigenvalue weighted by molar-refractivity contribution is -0.138. The van der Waals surface area contributed by atoms with Crippen molar-refractivity contribution in [2.75, 3.05) is 6.54 Å². The van der Waals surface area contributed by atoms with Gasteiger partial charge in [-0.25, -0.2) is 0 Å². The highest BCUT2D eigenvalue weighted by atomic mass is 16.4. The largest absolute Gasteiger partial charge is 0.481 e. The van der Waals surface area contributed by atoms with Crippen LogP contribution in [0, 0.1) is 5.92 Å². The van der Waals surface area contributed by atoms with E-state index in [2.05, 4.69) is 5.32 Å². The summed E-state index contributed by atoms with van der Waals surface area (Å²) in [7, 11) is 0. The number of carbonyl (C=O) groups is 2. The van der Waals surface area contributed by atoms with Crippen LogP contribution in [0.1, 0.15) is 39.5 Å². The van der Waals surface area contributed by atoms with Crippen LogP contribution in [0.5, 0.6) is 0 Å². The van der Waals surface area contributed by atoms with Gasteiger partial charge in [-0.1, -0.05) is 13.3 Å². The number of carboxylic acid groups (broad SMARTS) is 1. The topological polar surface area (TPSA) is 92.4 Å². The molecular formula is C11H22N2O3. The van der Waals surface area contributed by atoms with Crippen molar-refractivity contribution in [2.24, 2.45) is 11.7 Å². The van der Waals surface area contributed by atoms with Crippen molar-refractivity contribution in [1.82, 2.24) is 5.32 Å². The Morgan fingerprint density at radius 3 is 2.50 bits per heavy atom. The lowest BCUT2D eigenvalue weighted by atomic mass is 10.0. The van der Waals surface area contributed by atoms with Crippen LogP contribution in [0.4, 0.5) is 0 Å². The molecule has 1 amide bonds. The zero-order chi connectivity index (χ0) is 12.6. The Labute approximate surface area is 96.4 Å². The minimum absolute atomic E-state index is 0.0109. The zero-order valence-corrected chi connectivity index (χ0v) is 10.0. The Balaban J connectivity index is 3.75. The van der Waals surface area contributed by atoms with Crippen LogP contribution in [0.3, 0.4) is 0 Å². The molecule has 0 saturated carbocycles. The van der Waals surface area contributed by atoms with Crippen molar-refractivity contribution in [3.8, 4) is 0 Å². The predicted octanol–water partition coefficient (Wildman–Crippen LogP) is 0.731. The summed E-state index contributed by atoms with van der Waals surface area (Å²) in [6.45, 7) is 4.20. The van der Waals surface area contributed by atoms with Gasteiger partial charge in [-0.2, -0.15) is 0 Å². The first kappa shape index (κ1) is 14.9. The number of hydrogen-bond acceptors (Lipinski definition) is 3. The van der Waals surface area contributed by atoms with Gasteiger partial charge in [0.05, 0.1) is 0 Å². The Hall–Kier alpha value is -1.10. The van der Waals surface area contributed by atoms with E-state index in [4.69, 9.17) is 10.8 Å². The van der Waals surface area contributed by atoms with E-state index in [1.54, 1.807) is 0 Å². The second-order valence-electron chi connectivity index (χ2n) is 4.19. The van der Waals surface area contributed by atoms with Gasteiger partial charge in [0.2, 0.25) is 5.91 Å². The SMILES string of the molecule is CCC(CNC(=O)CCC(C)N)CC(=O)O. The molecule has 2 unspecified atom stereocenters. The lowest BCUT2D eigenvalue weighted by Crippen LogP contribution is -2.31. The maximum Gasteiger partial charge on any atom is 0.303 e. The van der Waals surface area contributed by atoms with E-state index in [1.807, 2.05) is 13.8 Å². The maximum absolute atomic E-state index is 11.3. The molecule has 0 aromatic heterocycles. The van der Waals surface area contributed by atoms with E-state index in [-0.39, 0.29) is 24.3 Å². The van der Waals surface area contributed by atoms with Crippen LogP contribution in [0.25, 0.3) is 0 Å². The number of carboxylic acids is 1. The Bertz CT molecular complexity index is 229. The molecule has 2 atom stereocenters.